The van der Waals surface area contributed by atoms with Gasteiger partial charge in [0.05, 0.1) is 6.10 Å². The Balaban J connectivity index is 1.48. The van der Waals surface area contributed by atoms with Crippen molar-refractivity contribution in [2.24, 2.45) is 29.6 Å². The van der Waals surface area contributed by atoms with Crippen LogP contribution < -0.4 is 5.48 Å². The third kappa shape index (κ3) is 1.77. The highest BCUT2D eigenvalue weighted by molar-refractivity contribution is 5.82. The number of ketones is 1. The van der Waals surface area contributed by atoms with Crippen molar-refractivity contribution >= 4 is 5.78 Å². The third-order valence-electron chi connectivity index (χ3n) is 6.78. The Labute approximate surface area is 125 Å². The monoisotopic (exact) mass is 285 g/mol. The average Bonchev–Trinajstić information content (AvgIpc) is 3.07. The first-order chi connectivity index (χ1) is 10.3. The summed E-state index contributed by atoms with van der Waals surface area (Å²) in [5.74, 6) is 4.04. The maximum Gasteiger partial charge on any atom is 0.136 e. The van der Waals surface area contributed by atoms with Crippen LogP contribution in [0.25, 0.3) is 0 Å². The van der Waals surface area contributed by atoms with E-state index in [4.69, 9.17) is 4.84 Å². The molecule has 0 aromatic heterocycles. The fourth-order valence-electron chi connectivity index (χ4n) is 5.89. The summed E-state index contributed by atoms with van der Waals surface area (Å²) in [5.41, 5.74) is 6.24. The molecule has 0 amide bonds. The third-order valence-corrected chi connectivity index (χ3v) is 6.78. The zero-order valence-corrected chi connectivity index (χ0v) is 12.4. The minimum Gasteiger partial charge on any atom is -0.299 e. The predicted octanol–water partition coefficient (Wildman–Crippen LogP) is 2.79. The molecule has 0 aromatic rings. The van der Waals surface area contributed by atoms with E-state index in [9.17, 15) is 4.79 Å². The number of carbonyl (C=O) groups excluding carboxylic acids is 1. The lowest BCUT2D eigenvalue weighted by Gasteiger charge is -2.44. The highest BCUT2D eigenvalue weighted by atomic mass is 16.7. The van der Waals surface area contributed by atoms with Crippen LogP contribution in [0.1, 0.15) is 38.5 Å². The number of nitrogens with one attached hydrogen (secondary N) is 1. The fraction of sp³-hybridized carbons (Fsp3) is 0.722. The van der Waals surface area contributed by atoms with E-state index in [1.807, 2.05) is 0 Å². The predicted molar refractivity (Wildman–Crippen MR) is 79.2 cm³/mol. The SMILES string of the molecule is O=C1CCC2C(=CC=C3C2CCC2C3CC3CNOC32)C1. The van der Waals surface area contributed by atoms with Crippen molar-refractivity contribution < 1.29 is 9.63 Å². The zero-order valence-electron chi connectivity index (χ0n) is 12.4. The molecule has 112 valence electrons. The lowest BCUT2D eigenvalue weighted by atomic mass is 9.61. The Morgan fingerprint density at radius 2 is 2.05 bits per heavy atom. The fourth-order valence-corrected chi connectivity index (χ4v) is 5.89. The second-order valence-electron chi connectivity index (χ2n) is 7.65. The van der Waals surface area contributed by atoms with Gasteiger partial charge in [-0.2, -0.15) is 0 Å². The maximum absolute atomic E-state index is 11.7. The summed E-state index contributed by atoms with van der Waals surface area (Å²) in [6.45, 7) is 1.04. The van der Waals surface area contributed by atoms with Crippen molar-refractivity contribution in [2.75, 3.05) is 6.54 Å². The van der Waals surface area contributed by atoms with E-state index in [0.717, 1.165) is 49.5 Å². The molecule has 4 fully saturated rings. The topological polar surface area (TPSA) is 38.3 Å². The molecule has 0 aromatic carbocycles. The molecule has 5 rings (SSSR count). The molecule has 0 spiro atoms. The summed E-state index contributed by atoms with van der Waals surface area (Å²) in [5, 5.41) is 0. The molecule has 3 heteroatoms. The van der Waals surface area contributed by atoms with Gasteiger partial charge < -0.3 is 0 Å². The number of hydrogen-bond donors (Lipinski definition) is 1. The van der Waals surface area contributed by atoms with Crippen LogP contribution in [0, 0.1) is 29.6 Å². The van der Waals surface area contributed by atoms with Gasteiger partial charge in [0.1, 0.15) is 5.78 Å². The Morgan fingerprint density at radius 3 is 3.00 bits per heavy atom. The van der Waals surface area contributed by atoms with Gasteiger partial charge in [-0.3, -0.25) is 9.63 Å². The number of Topliss-reactive ketones (excluding diaryl/α,β-unsaturated/α-hetero) is 1. The number of hydroxylamine groups is 1. The van der Waals surface area contributed by atoms with Crippen LogP contribution in [-0.4, -0.2) is 18.4 Å². The van der Waals surface area contributed by atoms with E-state index >= 15 is 0 Å². The molecule has 1 saturated heterocycles. The molecule has 6 atom stereocenters. The van der Waals surface area contributed by atoms with E-state index in [-0.39, 0.29) is 0 Å². The molecule has 6 unspecified atom stereocenters. The Kier molecular flexibility index (Phi) is 2.72. The van der Waals surface area contributed by atoms with Gasteiger partial charge in [0.2, 0.25) is 0 Å². The number of rotatable bonds is 0. The van der Waals surface area contributed by atoms with Gasteiger partial charge in [-0.15, -0.1) is 0 Å². The van der Waals surface area contributed by atoms with Crippen LogP contribution >= 0.6 is 0 Å². The van der Waals surface area contributed by atoms with E-state index in [0.29, 0.717) is 17.8 Å². The smallest absolute Gasteiger partial charge is 0.136 e. The molecule has 3 saturated carbocycles. The van der Waals surface area contributed by atoms with Crippen LogP contribution in [0.5, 0.6) is 0 Å². The lowest BCUT2D eigenvalue weighted by molar-refractivity contribution is -0.119. The van der Waals surface area contributed by atoms with E-state index < -0.39 is 0 Å². The van der Waals surface area contributed by atoms with Gasteiger partial charge >= 0.3 is 0 Å². The largest absolute Gasteiger partial charge is 0.299 e. The van der Waals surface area contributed by atoms with Crippen molar-refractivity contribution in [3.8, 4) is 0 Å². The van der Waals surface area contributed by atoms with Crippen molar-refractivity contribution in [1.29, 1.82) is 0 Å². The van der Waals surface area contributed by atoms with Crippen LogP contribution in [0.4, 0.5) is 0 Å². The highest BCUT2D eigenvalue weighted by Crippen LogP contribution is 2.56. The quantitative estimate of drug-likeness (QED) is 0.744. The summed E-state index contributed by atoms with van der Waals surface area (Å²) in [4.78, 5) is 17.5. The molecule has 1 N–H and O–H groups in total. The molecule has 0 radical (unpaired) electrons. The standard InChI is InChI=1S/C18H23NO2/c20-12-2-4-13-10(7-12)1-3-15-14(13)5-6-16-17(15)8-11-9-19-21-18(11)16/h1,3,11,13-14,16-19H,2,4-9H2. The van der Waals surface area contributed by atoms with Crippen LogP contribution in [-0.2, 0) is 9.63 Å². The van der Waals surface area contributed by atoms with Crippen molar-refractivity contribution in [3.05, 3.63) is 23.3 Å². The van der Waals surface area contributed by atoms with E-state index in [1.54, 1.807) is 5.57 Å². The number of carbonyl (C=O) groups is 1. The Hall–Kier alpha value is -0.930. The second-order valence-corrected chi connectivity index (χ2v) is 7.65. The van der Waals surface area contributed by atoms with E-state index in [2.05, 4.69) is 17.6 Å². The van der Waals surface area contributed by atoms with E-state index in [1.165, 1.54) is 24.8 Å². The summed E-state index contributed by atoms with van der Waals surface area (Å²) in [6.07, 6.45) is 11.7. The Morgan fingerprint density at radius 1 is 1.10 bits per heavy atom. The first-order valence-corrected chi connectivity index (χ1v) is 8.62. The summed E-state index contributed by atoms with van der Waals surface area (Å²) in [6, 6.07) is 0. The molecule has 1 aliphatic heterocycles. The van der Waals surface area contributed by atoms with Crippen molar-refractivity contribution in [3.63, 3.8) is 0 Å². The van der Waals surface area contributed by atoms with Gasteiger partial charge in [-0.25, -0.2) is 5.48 Å². The number of hydrogen-bond acceptors (Lipinski definition) is 3. The van der Waals surface area contributed by atoms with Crippen LogP contribution in [0.3, 0.4) is 0 Å². The normalized spacial score (nSPS) is 47.9. The lowest BCUT2D eigenvalue weighted by Crippen LogP contribution is -2.37. The summed E-state index contributed by atoms with van der Waals surface area (Å²) >= 11 is 0. The minimum atomic E-state index is 0.443. The first kappa shape index (κ1) is 12.6. The molecule has 1 heterocycles. The molecule has 21 heavy (non-hydrogen) atoms. The summed E-state index contributed by atoms with van der Waals surface area (Å²) in [7, 11) is 0. The van der Waals surface area contributed by atoms with Crippen molar-refractivity contribution in [1.82, 2.24) is 5.48 Å². The minimum absolute atomic E-state index is 0.443. The molecule has 5 aliphatic rings. The van der Waals surface area contributed by atoms with Gasteiger partial charge in [0.25, 0.3) is 0 Å². The van der Waals surface area contributed by atoms with Gasteiger partial charge in [-0.05, 0) is 49.4 Å². The Bertz CT molecular complexity index is 549. The van der Waals surface area contributed by atoms with Gasteiger partial charge in [-0.1, -0.05) is 23.3 Å². The van der Waals surface area contributed by atoms with Crippen molar-refractivity contribution in [2.45, 2.75) is 44.6 Å². The molecule has 0 bridgehead atoms. The molecule has 3 nitrogen and oxygen atoms in total. The number of fused-ring (bicyclic) bond motifs is 7. The molecular formula is C18H23NO2. The van der Waals surface area contributed by atoms with Crippen LogP contribution in [0.15, 0.2) is 23.3 Å². The van der Waals surface area contributed by atoms with Gasteiger partial charge in [0.15, 0.2) is 0 Å². The maximum atomic E-state index is 11.7. The first-order valence-electron chi connectivity index (χ1n) is 8.62. The highest BCUT2D eigenvalue weighted by Gasteiger charge is 2.52. The average molecular weight is 285 g/mol. The molecular weight excluding hydrogens is 262 g/mol. The van der Waals surface area contributed by atoms with Crippen LogP contribution in [0.2, 0.25) is 0 Å². The summed E-state index contributed by atoms with van der Waals surface area (Å²) < 4.78 is 0. The second kappa shape index (κ2) is 4.53. The molecule has 4 aliphatic carbocycles. The van der Waals surface area contributed by atoms with Gasteiger partial charge in [0, 0.05) is 25.3 Å². The zero-order chi connectivity index (χ0) is 14.0. The number of allylic oxidation sites excluding steroid dienone is 4.